The molecular formula is C30H30N4O3S. The maximum absolute atomic E-state index is 13.7. The number of rotatable bonds is 6. The average Bonchev–Trinajstić information content (AvgIpc) is 3.44. The van der Waals surface area contributed by atoms with Gasteiger partial charge >= 0.3 is 6.03 Å². The highest BCUT2D eigenvalue weighted by molar-refractivity contribution is 7.80. The molecule has 0 saturated carbocycles. The predicted molar refractivity (Wildman–Crippen MR) is 147 cm³/mol. The van der Waals surface area contributed by atoms with E-state index in [-0.39, 0.29) is 35.3 Å². The zero-order valence-corrected chi connectivity index (χ0v) is 21.9. The molecule has 0 bridgehead atoms. The van der Waals surface area contributed by atoms with Gasteiger partial charge in [-0.25, -0.2) is 4.79 Å². The second-order valence-electron chi connectivity index (χ2n) is 10.2. The molecule has 0 aromatic heterocycles. The summed E-state index contributed by atoms with van der Waals surface area (Å²) >= 11 is 4.80. The van der Waals surface area contributed by atoms with Crippen molar-refractivity contribution in [1.29, 1.82) is 0 Å². The summed E-state index contributed by atoms with van der Waals surface area (Å²) in [7, 11) is 0. The number of fused-ring (bicyclic) bond motifs is 1. The maximum Gasteiger partial charge on any atom is 0.321 e. The van der Waals surface area contributed by atoms with Gasteiger partial charge in [0, 0.05) is 32.6 Å². The molecule has 3 aromatic carbocycles. The third-order valence-corrected chi connectivity index (χ3v) is 8.38. The van der Waals surface area contributed by atoms with Gasteiger partial charge < -0.3 is 9.80 Å². The Kier molecular flexibility index (Phi) is 6.68. The highest BCUT2D eigenvalue weighted by atomic mass is 32.1. The summed E-state index contributed by atoms with van der Waals surface area (Å²) in [6.45, 7) is 2.42. The molecular weight excluding hydrogens is 496 g/mol. The lowest BCUT2D eigenvalue weighted by molar-refractivity contribution is -0.137. The zero-order chi connectivity index (χ0) is 26.2. The van der Waals surface area contributed by atoms with E-state index in [1.165, 1.54) is 0 Å². The van der Waals surface area contributed by atoms with Crippen LogP contribution >= 0.6 is 12.6 Å². The lowest BCUT2D eigenvalue weighted by Gasteiger charge is -2.32. The van der Waals surface area contributed by atoms with Crippen molar-refractivity contribution in [2.75, 3.05) is 13.1 Å². The first-order valence-corrected chi connectivity index (χ1v) is 13.6. The number of nitrogens with zero attached hydrogens (tertiary/aromatic N) is 3. The van der Waals surface area contributed by atoms with E-state index in [1.54, 1.807) is 0 Å². The first-order chi connectivity index (χ1) is 18.5. The van der Waals surface area contributed by atoms with Gasteiger partial charge in [0.25, 0.3) is 0 Å². The van der Waals surface area contributed by atoms with Crippen molar-refractivity contribution >= 4 is 30.5 Å². The average molecular weight is 527 g/mol. The van der Waals surface area contributed by atoms with Crippen molar-refractivity contribution in [2.45, 2.75) is 43.4 Å². The highest BCUT2D eigenvalue weighted by Crippen LogP contribution is 2.40. The Morgan fingerprint density at radius 2 is 1.58 bits per heavy atom. The van der Waals surface area contributed by atoms with Crippen molar-refractivity contribution in [3.8, 4) is 0 Å². The van der Waals surface area contributed by atoms with Crippen LogP contribution in [0.5, 0.6) is 0 Å². The standard InChI is InChI=1S/C30H30N4O3S/c35-26-14-13-25(28(36)31-26)34-19-23-17-20(11-12-24(23)29(34)38)18-32-15-16-33(30(32)37)27(21-7-3-1-4-8-21)22-9-5-2-6-10-22/h1-12,17,25,27,29,38H,13-16,18-19H2,(H,31,35,36). The van der Waals surface area contributed by atoms with E-state index >= 15 is 0 Å². The summed E-state index contributed by atoms with van der Waals surface area (Å²) in [4.78, 5) is 43.6. The molecule has 0 radical (unpaired) electrons. The lowest BCUT2D eigenvalue weighted by atomic mass is 9.97. The fourth-order valence-corrected chi connectivity index (χ4v) is 6.41. The lowest BCUT2D eigenvalue weighted by Crippen LogP contribution is -2.51. The fourth-order valence-electron chi connectivity index (χ4n) is 5.92. The third kappa shape index (κ3) is 4.59. The van der Waals surface area contributed by atoms with Crippen LogP contribution in [0.2, 0.25) is 0 Å². The molecule has 2 atom stereocenters. The fraction of sp³-hybridized carbons (Fsp3) is 0.300. The minimum Gasteiger partial charge on any atom is -0.319 e. The molecule has 2 saturated heterocycles. The molecule has 6 rings (SSSR count). The molecule has 3 aromatic rings. The molecule has 2 unspecified atom stereocenters. The molecule has 3 aliphatic rings. The van der Waals surface area contributed by atoms with Crippen molar-refractivity contribution < 1.29 is 14.4 Å². The second kappa shape index (κ2) is 10.3. The highest BCUT2D eigenvalue weighted by Gasteiger charge is 2.39. The molecule has 38 heavy (non-hydrogen) atoms. The molecule has 3 aliphatic heterocycles. The van der Waals surface area contributed by atoms with E-state index in [1.807, 2.05) is 51.1 Å². The molecule has 0 spiro atoms. The third-order valence-electron chi connectivity index (χ3n) is 7.81. The normalized spacial score (nSPS) is 21.8. The van der Waals surface area contributed by atoms with Gasteiger partial charge in [0.1, 0.15) is 0 Å². The first-order valence-electron chi connectivity index (χ1n) is 13.0. The summed E-state index contributed by atoms with van der Waals surface area (Å²) in [6, 6.07) is 26.1. The van der Waals surface area contributed by atoms with Gasteiger partial charge in [-0.15, -0.1) is 0 Å². The van der Waals surface area contributed by atoms with Crippen LogP contribution in [0.25, 0.3) is 0 Å². The summed E-state index contributed by atoms with van der Waals surface area (Å²) in [5.41, 5.74) is 5.44. The molecule has 7 nitrogen and oxygen atoms in total. The van der Waals surface area contributed by atoms with Crippen molar-refractivity contribution in [3.05, 3.63) is 107 Å². The number of amides is 4. The minimum absolute atomic E-state index is 0.0282. The Morgan fingerprint density at radius 3 is 2.24 bits per heavy atom. The van der Waals surface area contributed by atoms with Crippen LogP contribution in [0, 0.1) is 0 Å². The van der Waals surface area contributed by atoms with Gasteiger partial charge in [-0.2, -0.15) is 12.6 Å². The summed E-state index contributed by atoms with van der Waals surface area (Å²) in [6.07, 6.45) is 0.847. The van der Waals surface area contributed by atoms with E-state index < -0.39 is 0 Å². The van der Waals surface area contributed by atoms with E-state index in [0.29, 0.717) is 39.0 Å². The number of hydrogen-bond donors (Lipinski definition) is 2. The van der Waals surface area contributed by atoms with Gasteiger partial charge in [-0.1, -0.05) is 78.9 Å². The smallest absolute Gasteiger partial charge is 0.319 e. The number of carbonyl (C=O) groups is 3. The largest absolute Gasteiger partial charge is 0.321 e. The van der Waals surface area contributed by atoms with E-state index in [2.05, 4.69) is 47.8 Å². The summed E-state index contributed by atoms with van der Waals surface area (Å²) in [5.74, 6) is -0.463. The molecule has 194 valence electrons. The number of thiol groups is 1. The number of urea groups is 1. The Morgan fingerprint density at radius 1 is 0.895 bits per heavy atom. The van der Waals surface area contributed by atoms with Crippen LogP contribution in [0.15, 0.2) is 78.9 Å². The van der Waals surface area contributed by atoms with Crippen molar-refractivity contribution in [1.82, 2.24) is 20.0 Å². The zero-order valence-electron chi connectivity index (χ0n) is 21.0. The van der Waals surface area contributed by atoms with Crippen LogP contribution in [0.1, 0.15) is 52.1 Å². The Labute approximate surface area is 227 Å². The second-order valence-corrected chi connectivity index (χ2v) is 10.7. The topological polar surface area (TPSA) is 73.0 Å². The van der Waals surface area contributed by atoms with Crippen LogP contribution in [0.3, 0.4) is 0 Å². The van der Waals surface area contributed by atoms with Gasteiger partial charge in [0.05, 0.1) is 17.5 Å². The first kappa shape index (κ1) is 24.7. The Bertz CT molecular complexity index is 1330. The maximum atomic E-state index is 13.7. The molecule has 0 aliphatic carbocycles. The molecule has 3 heterocycles. The predicted octanol–water partition coefficient (Wildman–Crippen LogP) is 4.26. The van der Waals surface area contributed by atoms with E-state index in [4.69, 9.17) is 12.6 Å². The van der Waals surface area contributed by atoms with Crippen LogP contribution in [-0.2, 0) is 22.7 Å². The Hall–Kier alpha value is -3.62. The SMILES string of the molecule is O=C1CCC(N2Cc3cc(CN4CCN(C(c5ccccc5)c5ccccc5)C4=O)ccc3C2S)C(=O)N1. The van der Waals surface area contributed by atoms with Gasteiger partial charge in [0.2, 0.25) is 11.8 Å². The number of hydrogen-bond acceptors (Lipinski definition) is 5. The number of carbonyl (C=O) groups excluding carboxylic acids is 3. The number of imide groups is 1. The van der Waals surface area contributed by atoms with Gasteiger partial charge in [-0.05, 0) is 34.2 Å². The quantitative estimate of drug-likeness (QED) is 0.372. The Balaban J connectivity index is 1.18. The molecule has 1 N–H and O–H groups in total. The minimum atomic E-state index is -0.368. The van der Waals surface area contributed by atoms with Gasteiger partial charge in [0.15, 0.2) is 0 Å². The van der Waals surface area contributed by atoms with E-state index in [9.17, 15) is 14.4 Å². The van der Waals surface area contributed by atoms with Crippen LogP contribution in [0.4, 0.5) is 4.79 Å². The summed E-state index contributed by atoms with van der Waals surface area (Å²) in [5, 5.41) is 2.25. The summed E-state index contributed by atoms with van der Waals surface area (Å²) < 4.78 is 0. The number of piperidine rings is 1. The molecule has 8 heteroatoms. The number of nitrogens with one attached hydrogen (secondary N) is 1. The van der Waals surface area contributed by atoms with Crippen molar-refractivity contribution in [3.63, 3.8) is 0 Å². The van der Waals surface area contributed by atoms with E-state index in [0.717, 1.165) is 27.8 Å². The van der Waals surface area contributed by atoms with Gasteiger partial charge in [-0.3, -0.25) is 19.8 Å². The molecule has 4 amide bonds. The molecule has 2 fully saturated rings. The van der Waals surface area contributed by atoms with Crippen molar-refractivity contribution in [2.24, 2.45) is 0 Å². The monoisotopic (exact) mass is 526 g/mol. The number of benzene rings is 3. The van der Waals surface area contributed by atoms with Crippen LogP contribution < -0.4 is 5.32 Å². The van der Waals surface area contributed by atoms with Crippen LogP contribution in [-0.4, -0.2) is 51.7 Å².